The number of thiazole rings is 1. The van der Waals surface area contributed by atoms with Crippen molar-refractivity contribution < 1.29 is 4.74 Å². The molecule has 1 fully saturated rings. The zero-order valence-electron chi connectivity index (χ0n) is 7.12. The highest BCUT2D eigenvalue weighted by Gasteiger charge is 2.15. The van der Waals surface area contributed by atoms with Crippen molar-refractivity contribution in [2.75, 3.05) is 25.1 Å². The molecule has 1 aromatic heterocycles. The summed E-state index contributed by atoms with van der Waals surface area (Å²) in [6.45, 7) is 2.70. The maximum absolute atomic E-state index is 5.69. The first-order valence-electron chi connectivity index (χ1n) is 4.27. The van der Waals surface area contributed by atoms with Gasteiger partial charge in [-0.05, 0) is 6.42 Å². The van der Waals surface area contributed by atoms with Gasteiger partial charge in [-0.3, -0.25) is 0 Å². The number of hydrogen-bond acceptors (Lipinski definition) is 4. The molecule has 2 heterocycles. The predicted octanol–water partition coefficient (Wildman–Crippen LogP) is 2.24. The summed E-state index contributed by atoms with van der Waals surface area (Å²) < 4.78 is 5.27. The van der Waals surface area contributed by atoms with Gasteiger partial charge in [0.2, 0.25) is 0 Å². The normalized spacial score (nSPS) is 22.1. The maximum atomic E-state index is 5.69. The summed E-state index contributed by atoms with van der Waals surface area (Å²) in [6.07, 6.45) is 1.14. The lowest BCUT2D eigenvalue weighted by molar-refractivity contribution is 0.187. The largest absolute Gasteiger partial charge is 0.381 e. The molecule has 0 aromatic carbocycles. The van der Waals surface area contributed by atoms with E-state index in [4.69, 9.17) is 16.3 Å². The molecule has 2 rings (SSSR count). The van der Waals surface area contributed by atoms with Crippen molar-refractivity contribution >= 4 is 28.1 Å². The second kappa shape index (κ2) is 4.26. The van der Waals surface area contributed by atoms with Crippen LogP contribution in [0.5, 0.6) is 0 Å². The van der Waals surface area contributed by atoms with Crippen LogP contribution in [0.2, 0.25) is 5.15 Å². The van der Waals surface area contributed by atoms with E-state index in [1.165, 1.54) is 11.3 Å². The molecule has 1 saturated heterocycles. The van der Waals surface area contributed by atoms with Crippen LogP contribution in [0.25, 0.3) is 0 Å². The number of halogens is 1. The second-order valence-electron chi connectivity index (χ2n) is 3.09. The van der Waals surface area contributed by atoms with Crippen LogP contribution in [-0.4, -0.2) is 24.7 Å². The molecular formula is C8H11ClN2OS. The lowest BCUT2D eigenvalue weighted by Gasteiger charge is -2.06. The Balaban J connectivity index is 1.78. The van der Waals surface area contributed by atoms with Crippen LogP contribution in [0.4, 0.5) is 5.13 Å². The molecule has 0 spiro atoms. The molecule has 1 N–H and O–H groups in total. The third kappa shape index (κ3) is 2.56. The first-order chi connectivity index (χ1) is 6.34. The van der Waals surface area contributed by atoms with E-state index in [2.05, 4.69) is 10.3 Å². The Bertz CT molecular complexity index is 273. The third-order valence-corrected chi connectivity index (χ3v) is 3.17. The first-order valence-corrected chi connectivity index (χ1v) is 5.53. The Labute approximate surface area is 86.1 Å². The van der Waals surface area contributed by atoms with Gasteiger partial charge in [-0.2, -0.15) is 0 Å². The van der Waals surface area contributed by atoms with Crippen LogP contribution in [-0.2, 0) is 4.74 Å². The molecule has 1 aromatic rings. The van der Waals surface area contributed by atoms with Gasteiger partial charge in [0.15, 0.2) is 5.13 Å². The van der Waals surface area contributed by atoms with Crippen molar-refractivity contribution in [3.05, 3.63) is 10.5 Å². The quantitative estimate of drug-likeness (QED) is 0.845. The first kappa shape index (κ1) is 9.24. The van der Waals surface area contributed by atoms with Gasteiger partial charge in [-0.25, -0.2) is 4.98 Å². The van der Waals surface area contributed by atoms with Crippen molar-refractivity contribution in [1.29, 1.82) is 0 Å². The average molecular weight is 219 g/mol. The number of aromatic nitrogens is 1. The molecule has 0 radical (unpaired) electrons. The van der Waals surface area contributed by atoms with E-state index in [0.29, 0.717) is 11.1 Å². The van der Waals surface area contributed by atoms with Gasteiger partial charge in [0.05, 0.1) is 6.61 Å². The van der Waals surface area contributed by atoms with Gasteiger partial charge in [-0.15, -0.1) is 11.3 Å². The summed E-state index contributed by atoms with van der Waals surface area (Å²) in [5.74, 6) is 0.627. The van der Waals surface area contributed by atoms with Crippen molar-refractivity contribution in [2.24, 2.45) is 5.92 Å². The minimum atomic E-state index is 0.565. The highest BCUT2D eigenvalue weighted by Crippen LogP contribution is 2.20. The number of anilines is 1. The second-order valence-corrected chi connectivity index (χ2v) is 4.33. The van der Waals surface area contributed by atoms with E-state index in [-0.39, 0.29) is 0 Å². The summed E-state index contributed by atoms with van der Waals surface area (Å²) in [5.41, 5.74) is 0. The Hall–Kier alpha value is -0.320. The van der Waals surface area contributed by atoms with E-state index in [1.807, 2.05) is 5.38 Å². The van der Waals surface area contributed by atoms with Crippen LogP contribution in [0, 0.1) is 5.92 Å². The molecule has 0 saturated carbocycles. The van der Waals surface area contributed by atoms with Crippen LogP contribution in [0.1, 0.15) is 6.42 Å². The van der Waals surface area contributed by atoms with Crippen LogP contribution in [0.3, 0.4) is 0 Å². The Morgan fingerprint density at radius 1 is 1.77 bits per heavy atom. The van der Waals surface area contributed by atoms with E-state index < -0.39 is 0 Å². The van der Waals surface area contributed by atoms with Crippen LogP contribution < -0.4 is 5.32 Å². The van der Waals surface area contributed by atoms with Crippen molar-refractivity contribution in [3.8, 4) is 0 Å². The summed E-state index contributed by atoms with van der Waals surface area (Å²) in [7, 11) is 0. The molecule has 1 aliphatic rings. The van der Waals surface area contributed by atoms with Gasteiger partial charge < -0.3 is 10.1 Å². The van der Waals surface area contributed by atoms with E-state index >= 15 is 0 Å². The molecule has 5 heteroatoms. The Kier molecular flexibility index (Phi) is 3.03. The van der Waals surface area contributed by atoms with E-state index in [9.17, 15) is 0 Å². The molecular weight excluding hydrogens is 208 g/mol. The molecule has 72 valence electrons. The van der Waals surface area contributed by atoms with E-state index in [1.54, 1.807) is 0 Å². The molecule has 1 unspecified atom stereocenters. The Morgan fingerprint density at radius 3 is 3.31 bits per heavy atom. The van der Waals surface area contributed by atoms with Crippen LogP contribution >= 0.6 is 22.9 Å². The van der Waals surface area contributed by atoms with Crippen molar-refractivity contribution in [2.45, 2.75) is 6.42 Å². The minimum absolute atomic E-state index is 0.565. The summed E-state index contributed by atoms with van der Waals surface area (Å²) in [5, 5.41) is 6.54. The summed E-state index contributed by atoms with van der Waals surface area (Å²) in [6, 6.07) is 0. The number of rotatable bonds is 3. The molecule has 1 atom stereocenters. The van der Waals surface area contributed by atoms with Gasteiger partial charge in [0.1, 0.15) is 5.15 Å². The molecule has 1 aliphatic heterocycles. The zero-order chi connectivity index (χ0) is 9.10. The summed E-state index contributed by atoms with van der Waals surface area (Å²) >= 11 is 7.23. The highest BCUT2D eigenvalue weighted by atomic mass is 35.5. The summed E-state index contributed by atoms with van der Waals surface area (Å²) in [4.78, 5) is 4.10. The topological polar surface area (TPSA) is 34.1 Å². The van der Waals surface area contributed by atoms with E-state index in [0.717, 1.165) is 31.3 Å². The zero-order valence-corrected chi connectivity index (χ0v) is 8.70. The lowest BCUT2D eigenvalue weighted by atomic mass is 10.1. The average Bonchev–Trinajstić information content (AvgIpc) is 2.71. The maximum Gasteiger partial charge on any atom is 0.184 e. The highest BCUT2D eigenvalue weighted by molar-refractivity contribution is 7.14. The van der Waals surface area contributed by atoms with Crippen LogP contribution in [0.15, 0.2) is 5.38 Å². The predicted molar refractivity (Wildman–Crippen MR) is 54.5 cm³/mol. The van der Waals surface area contributed by atoms with Gasteiger partial charge >= 0.3 is 0 Å². The third-order valence-electron chi connectivity index (χ3n) is 2.04. The molecule has 0 bridgehead atoms. The monoisotopic (exact) mass is 218 g/mol. The molecule has 13 heavy (non-hydrogen) atoms. The minimum Gasteiger partial charge on any atom is -0.381 e. The number of nitrogens with zero attached hydrogens (tertiary/aromatic N) is 1. The van der Waals surface area contributed by atoms with Crippen molar-refractivity contribution in [1.82, 2.24) is 4.98 Å². The standard InChI is InChI=1S/C8H11ClN2OS/c9-7-5-13-8(11-7)10-3-6-1-2-12-4-6/h5-6H,1-4H2,(H,10,11). The number of nitrogens with one attached hydrogen (secondary N) is 1. The molecule has 3 nitrogen and oxygen atoms in total. The fourth-order valence-corrected chi connectivity index (χ4v) is 2.16. The van der Waals surface area contributed by atoms with Gasteiger partial charge in [0.25, 0.3) is 0 Å². The fourth-order valence-electron chi connectivity index (χ4n) is 1.31. The fraction of sp³-hybridized carbons (Fsp3) is 0.625. The SMILES string of the molecule is Clc1csc(NCC2CCOC2)n1. The Morgan fingerprint density at radius 2 is 2.69 bits per heavy atom. The molecule has 0 aliphatic carbocycles. The van der Waals surface area contributed by atoms with Crippen molar-refractivity contribution in [3.63, 3.8) is 0 Å². The lowest BCUT2D eigenvalue weighted by Crippen LogP contribution is -2.13. The van der Waals surface area contributed by atoms with Gasteiger partial charge in [0, 0.05) is 24.4 Å². The molecule has 0 amide bonds. The number of ether oxygens (including phenoxy) is 1. The number of hydrogen-bond donors (Lipinski definition) is 1. The van der Waals surface area contributed by atoms with Gasteiger partial charge in [-0.1, -0.05) is 11.6 Å². The smallest absolute Gasteiger partial charge is 0.184 e.